The Bertz CT molecular complexity index is 1050. The number of rotatable bonds is 9. The van der Waals surface area contributed by atoms with Crippen molar-refractivity contribution in [1.82, 2.24) is 4.31 Å². The molecule has 0 fully saturated rings. The molecular weight excluding hydrogens is 437 g/mol. The molecule has 11 heteroatoms. The molecular formula is C20H21F3N2O5S. The van der Waals surface area contributed by atoms with Gasteiger partial charge in [0, 0.05) is 26.1 Å². The van der Waals surface area contributed by atoms with Gasteiger partial charge in [0.1, 0.15) is 17.5 Å². The van der Waals surface area contributed by atoms with Gasteiger partial charge in [0.15, 0.2) is 6.10 Å². The Morgan fingerprint density at radius 1 is 1.06 bits per heavy atom. The number of hydrogen-bond acceptors (Lipinski definition) is 5. The first-order valence-corrected chi connectivity index (χ1v) is 10.6. The fourth-order valence-corrected chi connectivity index (χ4v) is 3.70. The van der Waals surface area contributed by atoms with E-state index in [9.17, 15) is 31.2 Å². The highest BCUT2D eigenvalue weighted by molar-refractivity contribution is 7.89. The van der Waals surface area contributed by atoms with E-state index in [2.05, 4.69) is 5.32 Å². The van der Waals surface area contributed by atoms with E-state index in [1.165, 1.54) is 14.0 Å². The topological polar surface area (TPSA) is 92.8 Å². The number of carbonyl (C=O) groups excluding carboxylic acids is 2. The van der Waals surface area contributed by atoms with Crippen molar-refractivity contribution < 1.29 is 35.9 Å². The smallest absolute Gasteiger partial charge is 0.306 e. The van der Waals surface area contributed by atoms with Crippen molar-refractivity contribution in [2.45, 2.75) is 30.8 Å². The van der Waals surface area contributed by atoms with Crippen LogP contribution in [0.5, 0.6) is 0 Å². The Labute approximate surface area is 177 Å². The maximum absolute atomic E-state index is 13.6. The van der Waals surface area contributed by atoms with Crippen LogP contribution in [-0.2, 0) is 24.3 Å². The van der Waals surface area contributed by atoms with E-state index in [0.29, 0.717) is 6.07 Å². The molecule has 2 rings (SSSR count). The van der Waals surface area contributed by atoms with E-state index in [4.69, 9.17) is 4.74 Å². The fraction of sp³-hybridized carbons (Fsp3) is 0.300. The normalized spacial score (nSPS) is 12.5. The van der Waals surface area contributed by atoms with Crippen LogP contribution in [0.25, 0.3) is 0 Å². The van der Waals surface area contributed by atoms with Crippen LogP contribution >= 0.6 is 0 Å². The molecule has 0 aliphatic heterocycles. The second-order valence-electron chi connectivity index (χ2n) is 6.63. The predicted octanol–water partition coefficient (Wildman–Crippen LogP) is 3.08. The highest BCUT2D eigenvalue weighted by atomic mass is 32.2. The quantitative estimate of drug-likeness (QED) is 0.583. The Morgan fingerprint density at radius 2 is 1.68 bits per heavy atom. The summed E-state index contributed by atoms with van der Waals surface area (Å²) in [5.41, 5.74) is -0.262. The number of hydrogen-bond donors (Lipinski definition) is 1. The van der Waals surface area contributed by atoms with Crippen LogP contribution in [0.1, 0.15) is 19.8 Å². The third kappa shape index (κ3) is 6.79. The van der Waals surface area contributed by atoms with Crippen molar-refractivity contribution in [3.8, 4) is 0 Å². The summed E-state index contributed by atoms with van der Waals surface area (Å²) in [6.07, 6.45) is -1.32. The van der Waals surface area contributed by atoms with Gasteiger partial charge in [-0.15, -0.1) is 0 Å². The number of nitrogens with one attached hydrogen (secondary N) is 1. The van der Waals surface area contributed by atoms with Crippen LogP contribution < -0.4 is 5.32 Å². The van der Waals surface area contributed by atoms with Gasteiger partial charge >= 0.3 is 5.97 Å². The Hall–Kier alpha value is -2.92. The predicted molar refractivity (Wildman–Crippen MR) is 106 cm³/mol. The highest BCUT2D eigenvalue weighted by Crippen LogP contribution is 2.17. The van der Waals surface area contributed by atoms with E-state index >= 15 is 0 Å². The van der Waals surface area contributed by atoms with E-state index in [1.807, 2.05) is 0 Å². The lowest BCUT2D eigenvalue weighted by Gasteiger charge is -2.17. The summed E-state index contributed by atoms with van der Waals surface area (Å²) in [4.78, 5) is 23.9. The zero-order valence-corrected chi connectivity index (χ0v) is 17.6. The molecule has 1 N–H and O–H groups in total. The molecule has 0 saturated heterocycles. The molecule has 1 amide bonds. The van der Waals surface area contributed by atoms with Gasteiger partial charge in [-0.2, -0.15) is 0 Å². The SMILES string of the molecule is CC(OC(=O)CCCN(C)S(=O)(=O)c1ccc(F)cc1)C(=O)Nc1ccc(F)cc1F. The Balaban J connectivity index is 1.81. The number of amides is 1. The number of esters is 1. The fourth-order valence-electron chi connectivity index (χ4n) is 2.49. The third-order valence-corrected chi connectivity index (χ3v) is 6.11. The number of nitrogens with zero attached hydrogens (tertiary/aromatic N) is 1. The summed E-state index contributed by atoms with van der Waals surface area (Å²) in [7, 11) is -2.53. The average molecular weight is 458 g/mol. The van der Waals surface area contributed by atoms with Crippen molar-refractivity contribution in [3.63, 3.8) is 0 Å². The molecule has 1 atom stereocenters. The van der Waals surface area contributed by atoms with Gasteiger partial charge in [-0.25, -0.2) is 25.9 Å². The number of sulfonamides is 1. The van der Waals surface area contributed by atoms with Crippen LogP contribution in [-0.4, -0.2) is 44.3 Å². The number of benzene rings is 2. The number of carbonyl (C=O) groups is 2. The zero-order valence-electron chi connectivity index (χ0n) is 16.8. The van der Waals surface area contributed by atoms with Gasteiger partial charge in [-0.1, -0.05) is 0 Å². The second-order valence-corrected chi connectivity index (χ2v) is 8.67. The molecule has 0 heterocycles. The van der Waals surface area contributed by atoms with Crippen molar-refractivity contribution >= 4 is 27.6 Å². The van der Waals surface area contributed by atoms with E-state index in [-0.39, 0.29) is 30.0 Å². The maximum atomic E-state index is 13.6. The number of anilines is 1. The van der Waals surface area contributed by atoms with E-state index in [0.717, 1.165) is 40.7 Å². The second kappa shape index (κ2) is 10.4. The van der Waals surface area contributed by atoms with Gasteiger partial charge in [-0.3, -0.25) is 9.59 Å². The maximum Gasteiger partial charge on any atom is 0.306 e. The largest absolute Gasteiger partial charge is 0.453 e. The number of ether oxygens (including phenoxy) is 1. The van der Waals surface area contributed by atoms with Crippen LogP contribution in [0.2, 0.25) is 0 Å². The molecule has 0 aliphatic carbocycles. The molecule has 2 aromatic rings. The van der Waals surface area contributed by atoms with Gasteiger partial charge in [0.2, 0.25) is 10.0 Å². The summed E-state index contributed by atoms with van der Waals surface area (Å²) in [6, 6.07) is 6.94. The first-order chi connectivity index (χ1) is 14.5. The van der Waals surface area contributed by atoms with Crippen molar-refractivity contribution in [1.29, 1.82) is 0 Å². The molecule has 0 saturated carbocycles. The third-order valence-electron chi connectivity index (χ3n) is 4.24. The molecule has 2 aromatic carbocycles. The average Bonchev–Trinajstić information content (AvgIpc) is 2.70. The summed E-state index contributed by atoms with van der Waals surface area (Å²) in [6.45, 7) is 1.26. The van der Waals surface area contributed by atoms with Crippen LogP contribution in [0.15, 0.2) is 47.4 Å². The minimum atomic E-state index is -3.84. The minimum absolute atomic E-state index is 0.0177. The minimum Gasteiger partial charge on any atom is -0.453 e. The molecule has 0 aromatic heterocycles. The molecule has 7 nitrogen and oxygen atoms in total. The number of halogens is 3. The molecule has 0 bridgehead atoms. The van der Waals surface area contributed by atoms with Gasteiger partial charge in [0.25, 0.3) is 5.91 Å². The summed E-state index contributed by atoms with van der Waals surface area (Å²) < 4.78 is 70.2. The summed E-state index contributed by atoms with van der Waals surface area (Å²) in [5, 5.41) is 2.19. The monoisotopic (exact) mass is 458 g/mol. The lowest BCUT2D eigenvalue weighted by molar-refractivity contribution is -0.153. The van der Waals surface area contributed by atoms with Gasteiger partial charge in [-0.05, 0) is 49.7 Å². The van der Waals surface area contributed by atoms with Crippen LogP contribution in [0.3, 0.4) is 0 Å². The highest BCUT2D eigenvalue weighted by Gasteiger charge is 2.22. The van der Waals surface area contributed by atoms with Crippen molar-refractivity contribution in [2.24, 2.45) is 0 Å². The van der Waals surface area contributed by atoms with Gasteiger partial charge < -0.3 is 10.1 Å². The zero-order chi connectivity index (χ0) is 23.2. The lowest BCUT2D eigenvalue weighted by atomic mass is 10.2. The van der Waals surface area contributed by atoms with E-state index in [1.54, 1.807) is 0 Å². The standard InChI is InChI=1S/C20H21F3N2O5S/c1-13(20(27)24-18-10-7-15(22)12-17(18)23)30-19(26)4-3-11-25(2)31(28,29)16-8-5-14(21)6-9-16/h5-10,12-13H,3-4,11H2,1-2H3,(H,24,27). The first-order valence-electron chi connectivity index (χ1n) is 9.18. The van der Waals surface area contributed by atoms with Crippen LogP contribution in [0.4, 0.5) is 18.9 Å². The first kappa shape index (κ1) is 24.4. The molecule has 0 spiro atoms. The van der Waals surface area contributed by atoms with Crippen molar-refractivity contribution in [2.75, 3.05) is 18.9 Å². The molecule has 31 heavy (non-hydrogen) atoms. The Morgan fingerprint density at radius 3 is 2.29 bits per heavy atom. The van der Waals surface area contributed by atoms with Crippen LogP contribution in [0, 0.1) is 17.5 Å². The Kier molecular flexibility index (Phi) is 8.17. The molecule has 168 valence electrons. The molecule has 0 radical (unpaired) electrons. The van der Waals surface area contributed by atoms with Gasteiger partial charge in [0.05, 0.1) is 10.6 Å². The summed E-state index contributed by atoms with van der Waals surface area (Å²) in [5.74, 6) is -3.91. The van der Waals surface area contributed by atoms with E-state index < -0.39 is 45.5 Å². The van der Waals surface area contributed by atoms with Crippen molar-refractivity contribution in [3.05, 3.63) is 59.9 Å². The lowest BCUT2D eigenvalue weighted by Crippen LogP contribution is -2.31. The molecule has 1 unspecified atom stereocenters. The summed E-state index contributed by atoms with van der Waals surface area (Å²) >= 11 is 0. The molecule has 0 aliphatic rings.